The van der Waals surface area contributed by atoms with E-state index in [1.165, 1.54) is 17.4 Å². The summed E-state index contributed by atoms with van der Waals surface area (Å²) in [5.74, 6) is 0.435. The van der Waals surface area contributed by atoms with Crippen molar-refractivity contribution in [2.24, 2.45) is 0 Å². The molecule has 20 heavy (non-hydrogen) atoms. The van der Waals surface area contributed by atoms with Crippen molar-refractivity contribution in [3.63, 3.8) is 0 Å². The fraction of sp³-hybridized carbons (Fsp3) is 0.571. The van der Waals surface area contributed by atoms with Crippen LogP contribution in [-0.4, -0.2) is 41.7 Å². The van der Waals surface area contributed by atoms with Crippen molar-refractivity contribution in [2.45, 2.75) is 25.8 Å². The molecule has 1 aromatic rings. The van der Waals surface area contributed by atoms with Gasteiger partial charge in [-0.05, 0) is 17.0 Å². The lowest BCUT2D eigenvalue weighted by Crippen LogP contribution is -2.46. The van der Waals surface area contributed by atoms with E-state index >= 15 is 0 Å². The van der Waals surface area contributed by atoms with E-state index in [0.29, 0.717) is 19.0 Å². The minimum absolute atomic E-state index is 0.123. The highest BCUT2D eigenvalue weighted by Crippen LogP contribution is 2.33. The number of hydrogen-bond donors (Lipinski definition) is 0. The predicted molar refractivity (Wildman–Crippen MR) is 90.4 cm³/mol. The second-order valence-electron chi connectivity index (χ2n) is 5.54. The lowest BCUT2D eigenvalue weighted by Gasteiger charge is -2.38. The van der Waals surface area contributed by atoms with Gasteiger partial charge in [0.2, 0.25) is 10.0 Å². The van der Waals surface area contributed by atoms with Crippen molar-refractivity contribution < 1.29 is 8.42 Å². The molecule has 112 valence electrons. The zero-order valence-electron chi connectivity index (χ0n) is 12.1. The van der Waals surface area contributed by atoms with E-state index in [4.69, 9.17) is 0 Å². The molecule has 0 N–H and O–H groups in total. The first-order valence-electron chi connectivity index (χ1n) is 6.77. The summed E-state index contributed by atoms with van der Waals surface area (Å²) in [5, 5.41) is 0. The van der Waals surface area contributed by atoms with E-state index in [1.54, 1.807) is 4.31 Å². The molecular weight excluding hydrogens is 387 g/mol. The molecule has 1 aliphatic rings. The van der Waals surface area contributed by atoms with Gasteiger partial charge in [-0.1, -0.05) is 38.1 Å². The second-order valence-corrected chi connectivity index (χ2v) is 8.77. The first-order chi connectivity index (χ1) is 9.30. The molecule has 2 rings (SSSR count). The minimum atomic E-state index is -3.12. The standard InChI is InChI=1S/C14H21IN2O2S/c1-11(2)12-6-4-5-7-13(12)14-10-16(20(3,18)19)8-9-17(14)15/h4-7,11,14H,8-10H2,1-3H3. The maximum atomic E-state index is 11.8. The van der Waals surface area contributed by atoms with Gasteiger partial charge < -0.3 is 0 Å². The smallest absolute Gasteiger partial charge is 0.211 e. The van der Waals surface area contributed by atoms with E-state index in [2.05, 4.69) is 52.0 Å². The Hall–Kier alpha value is -0.180. The Bertz CT molecular complexity index is 574. The number of benzene rings is 1. The van der Waals surface area contributed by atoms with Crippen molar-refractivity contribution in [3.05, 3.63) is 35.4 Å². The van der Waals surface area contributed by atoms with Gasteiger partial charge in [0, 0.05) is 42.5 Å². The van der Waals surface area contributed by atoms with Crippen LogP contribution in [0.15, 0.2) is 24.3 Å². The Kier molecular flexibility index (Phi) is 5.09. The zero-order valence-corrected chi connectivity index (χ0v) is 15.1. The lowest BCUT2D eigenvalue weighted by molar-refractivity contribution is 0.233. The molecule has 0 radical (unpaired) electrons. The SMILES string of the molecule is CC(C)c1ccccc1C1CN(S(C)(=O)=O)CCN1I. The van der Waals surface area contributed by atoms with Gasteiger partial charge in [-0.25, -0.2) is 11.5 Å². The first-order valence-corrected chi connectivity index (χ1v) is 9.58. The fourth-order valence-corrected chi connectivity index (χ4v) is 4.14. The molecule has 0 aromatic heterocycles. The summed E-state index contributed by atoms with van der Waals surface area (Å²) in [5.41, 5.74) is 2.54. The average molecular weight is 408 g/mol. The number of halogens is 1. The van der Waals surface area contributed by atoms with Crippen LogP contribution < -0.4 is 0 Å². The molecule has 4 nitrogen and oxygen atoms in total. The van der Waals surface area contributed by atoms with Crippen LogP contribution in [0.3, 0.4) is 0 Å². The zero-order chi connectivity index (χ0) is 14.9. The molecule has 1 aliphatic heterocycles. The van der Waals surface area contributed by atoms with Crippen LogP contribution in [0.1, 0.15) is 36.9 Å². The average Bonchev–Trinajstić information content (AvgIpc) is 2.38. The Morgan fingerprint density at radius 3 is 2.50 bits per heavy atom. The van der Waals surface area contributed by atoms with Crippen LogP contribution >= 0.6 is 22.9 Å². The molecule has 0 aliphatic carbocycles. The highest BCUT2D eigenvalue weighted by molar-refractivity contribution is 14.1. The van der Waals surface area contributed by atoms with Gasteiger partial charge in [0.05, 0.1) is 12.3 Å². The largest absolute Gasteiger partial charge is 0.237 e. The Balaban J connectivity index is 2.35. The number of sulfonamides is 1. The molecule has 0 bridgehead atoms. The third-order valence-corrected chi connectivity index (χ3v) is 6.15. The van der Waals surface area contributed by atoms with Gasteiger partial charge in [0.1, 0.15) is 0 Å². The summed E-state index contributed by atoms with van der Waals surface area (Å²) in [4.78, 5) is 0. The van der Waals surface area contributed by atoms with Crippen LogP contribution in [-0.2, 0) is 10.0 Å². The molecule has 0 spiro atoms. The van der Waals surface area contributed by atoms with Crippen molar-refractivity contribution in [2.75, 3.05) is 25.9 Å². The molecule has 0 saturated carbocycles. The molecule has 0 amide bonds. The van der Waals surface area contributed by atoms with Crippen LogP contribution in [0.25, 0.3) is 0 Å². The molecule has 1 heterocycles. The monoisotopic (exact) mass is 408 g/mol. The molecular formula is C14H21IN2O2S. The summed E-state index contributed by atoms with van der Waals surface area (Å²) in [6.07, 6.45) is 1.29. The van der Waals surface area contributed by atoms with Gasteiger partial charge in [-0.2, -0.15) is 4.31 Å². The van der Waals surface area contributed by atoms with E-state index < -0.39 is 10.0 Å². The van der Waals surface area contributed by atoms with E-state index in [9.17, 15) is 8.42 Å². The van der Waals surface area contributed by atoms with Gasteiger partial charge in [-0.3, -0.25) is 0 Å². The van der Waals surface area contributed by atoms with Crippen LogP contribution in [0.5, 0.6) is 0 Å². The molecule has 1 unspecified atom stereocenters. The highest BCUT2D eigenvalue weighted by atomic mass is 127. The highest BCUT2D eigenvalue weighted by Gasteiger charge is 2.32. The molecule has 1 atom stereocenters. The normalized spacial score (nSPS) is 22.4. The summed E-state index contributed by atoms with van der Waals surface area (Å²) >= 11 is 2.31. The number of nitrogens with zero attached hydrogens (tertiary/aromatic N) is 2. The van der Waals surface area contributed by atoms with Gasteiger partial charge >= 0.3 is 0 Å². The number of rotatable bonds is 3. The van der Waals surface area contributed by atoms with Crippen molar-refractivity contribution in [1.29, 1.82) is 0 Å². The van der Waals surface area contributed by atoms with E-state index in [1.807, 2.05) is 12.1 Å². The van der Waals surface area contributed by atoms with Gasteiger partial charge in [0.25, 0.3) is 0 Å². The Morgan fingerprint density at radius 1 is 1.25 bits per heavy atom. The molecule has 1 fully saturated rings. The van der Waals surface area contributed by atoms with E-state index in [-0.39, 0.29) is 6.04 Å². The maximum absolute atomic E-state index is 11.8. The third-order valence-electron chi connectivity index (χ3n) is 3.72. The molecule has 1 aromatic carbocycles. The predicted octanol–water partition coefficient (Wildman–Crippen LogP) is 2.78. The summed E-state index contributed by atoms with van der Waals surface area (Å²) in [7, 11) is -3.12. The summed E-state index contributed by atoms with van der Waals surface area (Å²) < 4.78 is 27.4. The van der Waals surface area contributed by atoms with Crippen molar-refractivity contribution in [3.8, 4) is 0 Å². The number of hydrogen-bond acceptors (Lipinski definition) is 3. The second kappa shape index (κ2) is 6.29. The maximum Gasteiger partial charge on any atom is 0.211 e. The van der Waals surface area contributed by atoms with Crippen molar-refractivity contribution in [1.82, 2.24) is 7.42 Å². The molecule has 6 heteroatoms. The number of piperazine rings is 1. The van der Waals surface area contributed by atoms with Crippen LogP contribution in [0.4, 0.5) is 0 Å². The summed E-state index contributed by atoms with van der Waals surface area (Å²) in [6.45, 7) is 6.21. The topological polar surface area (TPSA) is 40.6 Å². The van der Waals surface area contributed by atoms with Gasteiger partial charge in [-0.15, -0.1) is 0 Å². The van der Waals surface area contributed by atoms with Crippen molar-refractivity contribution >= 4 is 32.9 Å². The van der Waals surface area contributed by atoms with Crippen LogP contribution in [0, 0.1) is 0 Å². The minimum Gasteiger partial charge on any atom is -0.237 e. The first kappa shape index (κ1) is 16.2. The van der Waals surface area contributed by atoms with Crippen LogP contribution in [0.2, 0.25) is 0 Å². The quantitative estimate of drug-likeness (QED) is 0.571. The Labute approximate surface area is 135 Å². The Morgan fingerprint density at radius 2 is 1.90 bits per heavy atom. The van der Waals surface area contributed by atoms with E-state index in [0.717, 1.165) is 6.54 Å². The molecule has 1 saturated heterocycles. The summed E-state index contributed by atoms with van der Waals surface area (Å²) in [6, 6.07) is 8.47. The van der Waals surface area contributed by atoms with Gasteiger partial charge in [0.15, 0.2) is 0 Å². The fourth-order valence-electron chi connectivity index (χ4n) is 2.63. The third kappa shape index (κ3) is 3.52. The lowest BCUT2D eigenvalue weighted by atomic mass is 9.92.